The van der Waals surface area contributed by atoms with E-state index in [1.165, 1.54) is 9.60 Å². The van der Waals surface area contributed by atoms with Gasteiger partial charge in [-0.1, -0.05) is 11.3 Å². The fraction of sp³-hybridized carbons (Fsp3) is 0.364. The zero-order chi connectivity index (χ0) is 20.9. The summed E-state index contributed by atoms with van der Waals surface area (Å²) in [4.78, 5) is 24.1. The van der Waals surface area contributed by atoms with Crippen molar-refractivity contribution < 1.29 is 9.53 Å². The normalized spacial score (nSPS) is 14.3. The lowest BCUT2D eigenvalue weighted by molar-refractivity contribution is -0.131. The molecule has 0 atom stereocenters. The topological polar surface area (TPSA) is 45.7 Å². The van der Waals surface area contributed by atoms with E-state index in [4.69, 9.17) is 9.72 Å². The fourth-order valence-corrected chi connectivity index (χ4v) is 5.80. The van der Waals surface area contributed by atoms with E-state index in [2.05, 4.69) is 29.4 Å². The largest absolute Gasteiger partial charge is 0.497 e. The van der Waals surface area contributed by atoms with Crippen molar-refractivity contribution >= 4 is 56.1 Å². The van der Waals surface area contributed by atoms with Crippen molar-refractivity contribution in [3.8, 4) is 5.75 Å². The van der Waals surface area contributed by atoms with Crippen molar-refractivity contribution in [1.82, 2.24) is 9.88 Å². The number of methoxy groups -OCH3 is 1. The molecule has 1 aliphatic heterocycles. The summed E-state index contributed by atoms with van der Waals surface area (Å²) >= 11 is 5.21. The van der Waals surface area contributed by atoms with Crippen molar-refractivity contribution in [2.24, 2.45) is 0 Å². The molecule has 2 heterocycles. The summed E-state index contributed by atoms with van der Waals surface area (Å²) < 4.78 is 6.41. The standard InChI is InChI=1S/C22H25N3O2S3/c1-27-16-3-5-17(6-4-16)29-14-9-21(26)24-10-12-25(13-11-24)22-23-19-8-7-18(28-2)15-20(19)30-22/h3-8,15H,9-14H2,1-2H3. The maximum Gasteiger partial charge on any atom is 0.223 e. The molecule has 0 radical (unpaired) electrons. The van der Waals surface area contributed by atoms with Gasteiger partial charge in [0.25, 0.3) is 0 Å². The van der Waals surface area contributed by atoms with Crippen LogP contribution >= 0.6 is 34.9 Å². The van der Waals surface area contributed by atoms with Crippen LogP contribution in [0.5, 0.6) is 5.75 Å². The fourth-order valence-electron chi connectivity index (χ4n) is 3.39. The first kappa shape index (κ1) is 21.3. The van der Waals surface area contributed by atoms with E-state index in [0.29, 0.717) is 6.42 Å². The third kappa shape index (κ3) is 5.04. The highest BCUT2D eigenvalue weighted by Crippen LogP contribution is 2.32. The number of piperazine rings is 1. The summed E-state index contributed by atoms with van der Waals surface area (Å²) in [6.45, 7) is 3.20. The number of aromatic nitrogens is 1. The van der Waals surface area contributed by atoms with Crippen LogP contribution in [-0.4, -0.2) is 61.1 Å². The molecule has 0 saturated carbocycles. The molecule has 8 heteroatoms. The van der Waals surface area contributed by atoms with Crippen molar-refractivity contribution in [3.05, 3.63) is 42.5 Å². The van der Waals surface area contributed by atoms with E-state index in [-0.39, 0.29) is 5.91 Å². The first-order chi connectivity index (χ1) is 14.7. The summed E-state index contributed by atoms with van der Waals surface area (Å²) in [7, 11) is 1.67. The van der Waals surface area contributed by atoms with Gasteiger partial charge in [0.15, 0.2) is 5.13 Å². The third-order valence-electron chi connectivity index (χ3n) is 5.13. The minimum atomic E-state index is 0.240. The maximum absolute atomic E-state index is 12.6. The van der Waals surface area contributed by atoms with Gasteiger partial charge in [0, 0.05) is 48.1 Å². The highest BCUT2D eigenvalue weighted by atomic mass is 32.2. The van der Waals surface area contributed by atoms with Crippen LogP contribution in [-0.2, 0) is 4.79 Å². The monoisotopic (exact) mass is 459 g/mol. The van der Waals surface area contributed by atoms with Crippen molar-refractivity contribution in [3.63, 3.8) is 0 Å². The number of carbonyl (C=O) groups is 1. The lowest BCUT2D eigenvalue weighted by atomic mass is 10.3. The number of nitrogens with zero attached hydrogens (tertiary/aromatic N) is 3. The van der Waals surface area contributed by atoms with Gasteiger partial charge >= 0.3 is 0 Å². The minimum absolute atomic E-state index is 0.240. The molecule has 158 valence electrons. The predicted octanol–water partition coefficient (Wildman–Crippen LogP) is 4.86. The molecule has 0 bridgehead atoms. The number of carbonyl (C=O) groups excluding carboxylic acids is 1. The number of thioether (sulfide) groups is 2. The minimum Gasteiger partial charge on any atom is -0.497 e. The molecule has 1 aliphatic rings. The Hall–Kier alpha value is -1.90. The number of amides is 1. The number of ether oxygens (including phenoxy) is 1. The number of hydrogen-bond acceptors (Lipinski definition) is 7. The molecular weight excluding hydrogens is 434 g/mol. The molecule has 2 aromatic carbocycles. The van der Waals surface area contributed by atoms with Crippen molar-refractivity contribution in [2.45, 2.75) is 16.2 Å². The number of fused-ring (bicyclic) bond motifs is 1. The molecule has 1 aromatic heterocycles. The van der Waals surface area contributed by atoms with E-state index in [1.54, 1.807) is 42.0 Å². The van der Waals surface area contributed by atoms with Gasteiger partial charge in [0.05, 0.1) is 17.3 Å². The predicted molar refractivity (Wildman–Crippen MR) is 129 cm³/mol. The number of anilines is 1. The van der Waals surface area contributed by atoms with Crippen LogP contribution in [0.25, 0.3) is 10.2 Å². The quantitative estimate of drug-likeness (QED) is 0.470. The Morgan fingerprint density at radius 2 is 1.83 bits per heavy atom. The Balaban J connectivity index is 1.26. The maximum atomic E-state index is 12.6. The molecule has 4 rings (SSSR count). The van der Waals surface area contributed by atoms with Gasteiger partial charge in [0.1, 0.15) is 5.75 Å². The Kier molecular flexibility index (Phi) is 7.07. The highest BCUT2D eigenvalue weighted by Gasteiger charge is 2.23. The molecule has 1 saturated heterocycles. The molecule has 1 amide bonds. The summed E-state index contributed by atoms with van der Waals surface area (Å²) in [5.74, 6) is 1.89. The second-order valence-electron chi connectivity index (χ2n) is 6.97. The zero-order valence-corrected chi connectivity index (χ0v) is 19.6. The summed E-state index contributed by atoms with van der Waals surface area (Å²) in [5.41, 5.74) is 1.06. The van der Waals surface area contributed by atoms with Gasteiger partial charge in [-0.3, -0.25) is 4.79 Å². The Bertz CT molecular complexity index is 999. The van der Waals surface area contributed by atoms with Crippen LogP contribution in [0, 0.1) is 0 Å². The van der Waals surface area contributed by atoms with Crippen LogP contribution in [0.3, 0.4) is 0 Å². The number of rotatable bonds is 7. The SMILES string of the molecule is COc1ccc(SCCC(=O)N2CCN(c3nc4ccc(SC)cc4s3)CC2)cc1. The second-order valence-corrected chi connectivity index (χ2v) is 10.0. The number of thiazole rings is 1. The average Bonchev–Trinajstić information content (AvgIpc) is 3.23. The van der Waals surface area contributed by atoms with Crippen LogP contribution in [0.15, 0.2) is 52.3 Å². The van der Waals surface area contributed by atoms with E-state index in [0.717, 1.165) is 53.2 Å². The van der Waals surface area contributed by atoms with Crippen LogP contribution in [0.4, 0.5) is 5.13 Å². The zero-order valence-electron chi connectivity index (χ0n) is 17.2. The molecular formula is C22H25N3O2S3. The first-order valence-corrected chi connectivity index (χ1v) is 12.9. The summed E-state index contributed by atoms with van der Waals surface area (Å²) in [5, 5.41) is 1.06. The van der Waals surface area contributed by atoms with Gasteiger partial charge in [-0.25, -0.2) is 4.98 Å². The summed E-state index contributed by atoms with van der Waals surface area (Å²) in [6.07, 6.45) is 2.66. The van der Waals surface area contributed by atoms with Gasteiger partial charge in [-0.2, -0.15) is 0 Å². The molecule has 3 aromatic rings. The molecule has 0 N–H and O–H groups in total. The van der Waals surface area contributed by atoms with E-state index >= 15 is 0 Å². The average molecular weight is 460 g/mol. The second kappa shape index (κ2) is 9.94. The lowest BCUT2D eigenvalue weighted by Crippen LogP contribution is -2.48. The van der Waals surface area contributed by atoms with Gasteiger partial charge < -0.3 is 14.5 Å². The lowest BCUT2D eigenvalue weighted by Gasteiger charge is -2.34. The molecule has 30 heavy (non-hydrogen) atoms. The van der Waals surface area contributed by atoms with Crippen LogP contribution in [0.1, 0.15) is 6.42 Å². The molecule has 0 spiro atoms. The van der Waals surface area contributed by atoms with Gasteiger partial charge in [0.2, 0.25) is 5.91 Å². The van der Waals surface area contributed by atoms with Crippen LogP contribution in [0.2, 0.25) is 0 Å². The first-order valence-electron chi connectivity index (χ1n) is 9.90. The van der Waals surface area contributed by atoms with E-state index in [9.17, 15) is 4.79 Å². The van der Waals surface area contributed by atoms with E-state index < -0.39 is 0 Å². The molecule has 5 nitrogen and oxygen atoms in total. The Morgan fingerprint density at radius 3 is 2.53 bits per heavy atom. The molecule has 1 fully saturated rings. The molecule has 0 aliphatic carbocycles. The Morgan fingerprint density at radius 1 is 1.10 bits per heavy atom. The van der Waals surface area contributed by atoms with Crippen molar-refractivity contribution in [1.29, 1.82) is 0 Å². The van der Waals surface area contributed by atoms with Gasteiger partial charge in [-0.15, -0.1) is 23.5 Å². The smallest absolute Gasteiger partial charge is 0.223 e. The number of benzene rings is 2. The van der Waals surface area contributed by atoms with Gasteiger partial charge in [-0.05, 0) is 48.7 Å². The Labute approximate surface area is 189 Å². The summed E-state index contributed by atoms with van der Waals surface area (Å²) in [6, 6.07) is 14.4. The number of hydrogen-bond donors (Lipinski definition) is 0. The van der Waals surface area contributed by atoms with Crippen molar-refractivity contribution in [2.75, 3.05) is 50.2 Å². The molecule has 0 unspecified atom stereocenters. The third-order valence-corrected chi connectivity index (χ3v) is 7.95. The van der Waals surface area contributed by atoms with E-state index in [1.807, 2.05) is 29.2 Å². The van der Waals surface area contributed by atoms with Crippen LogP contribution < -0.4 is 9.64 Å². The highest BCUT2D eigenvalue weighted by molar-refractivity contribution is 7.99.